The predicted molar refractivity (Wildman–Crippen MR) is 90.3 cm³/mol. The second-order valence-corrected chi connectivity index (χ2v) is 9.23. The molecule has 0 aromatic carbocycles. The summed E-state index contributed by atoms with van der Waals surface area (Å²) in [5.41, 5.74) is 3.51. The van der Waals surface area contributed by atoms with Crippen LogP contribution >= 0.6 is 0 Å². The van der Waals surface area contributed by atoms with Crippen LogP contribution in [-0.2, 0) is 0 Å². The normalized spacial score (nSPS) is 46.2. The Bertz CT molecular complexity index is 478. The van der Waals surface area contributed by atoms with Crippen LogP contribution in [0.1, 0.15) is 54.4 Å². The summed E-state index contributed by atoms with van der Waals surface area (Å²) >= 11 is 0. The zero-order valence-corrected chi connectivity index (χ0v) is 14.9. The van der Waals surface area contributed by atoms with E-state index in [1.807, 2.05) is 12.2 Å². The van der Waals surface area contributed by atoms with Gasteiger partial charge in [-0.25, -0.2) is 0 Å². The first-order chi connectivity index (χ1) is 10.1. The van der Waals surface area contributed by atoms with Gasteiger partial charge in [-0.1, -0.05) is 51.0 Å². The van der Waals surface area contributed by atoms with Gasteiger partial charge in [0.15, 0.2) is 0 Å². The number of aliphatic hydroxyl groups is 2. The van der Waals surface area contributed by atoms with Gasteiger partial charge in [0.1, 0.15) is 0 Å². The Balaban J connectivity index is 0.000000131. The number of aliphatic hydroxyl groups excluding tert-OH is 2. The van der Waals surface area contributed by atoms with E-state index in [-0.39, 0.29) is 12.2 Å². The molecule has 0 heterocycles. The minimum atomic E-state index is -0.171. The zero-order valence-electron chi connectivity index (χ0n) is 14.9. The largest absolute Gasteiger partial charge is 0.389 e. The lowest BCUT2D eigenvalue weighted by molar-refractivity contribution is -0.0762. The highest BCUT2D eigenvalue weighted by atomic mass is 16.3. The molecule has 6 aliphatic carbocycles. The van der Waals surface area contributed by atoms with Crippen molar-refractivity contribution in [3.8, 4) is 0 Å². The Morgan fingerprint density at radius 2 is 1.09 bits per heavy atom. The van der Waals surface area contributed by atoms with Gasteiger partial charge in [-0.15, -0.1) is 0 Å². The lowest BCUT2D eigenvalue weighted by Crippen LogP contribution is -2.53. The van der Waals surface area contributed by atoms with Gasteiger partial charge in [0.05, 0.1) is 12.2 Å². The maximum absolute atomic E-state index is 9.65. The Hall–Kier alpha value is -0.600. The summed E-state index contributed by atoms with van der Waals surface area (Å²) in [4.78, 5) is 0. The van der Waals surface area contributed by atoms with Crippen molar-refractivity contribution in [3.63, 3.8) is 0 Å². The van der Waals surface area contributed by atoms with Crippen molar-refractivity contribution in [1.82, 2.24) is 0 Å². The van der Waals surface area contributed by atoms with Crippen LogP contribution in [0.2, 0.25) is 0 Å². The molecule has 0 saturated heterocycles. The SMILES string of the molecule is CC1=CC(O)C2CC1C2(C)C.CC1=CC(O)C2CC1C2(C)C. The van der Waals surface area contributed by atoms with Crippen molar-refractivity contribution in [2.45, 2.75) is 66.6 Å². The first-order valence-corrected chi connectivity index (χ1v) is 8.79. The lowest BCUT2D eigenvalue weighted by atomic mass is 9.48. The van der Waals surface area contributed by atoms with E-state index >= 15 is 0 Å². The van der Waals surface area contributed by atoms with E-state index in [1.165, 1.54) is 24.0 Å². The monoisotopic (exact) mass is 304 g/mol. The first kappa shape index (κ1) is 16.3. The van der Waals surface area contributed by atoms with Crippen molar-refractivity contribution in [2.24, 2.45) is 34.5 Å². The summed E-state index contributed by atoms with van der Waals surface area (Å²) in [6.07, 6.45) is 6.13. The molecule has 124 valence electrons. The Morgan fingerprint density at radius 3 is 1.27 bits per heavy atom. The molecule has 2 nitrogen and oxygen atoms in total. The third-order valence-corrected chi connectivity index (χ3v) is 7.48. The van der Waals surface area contributed by atoms with E-state index < -0.39 is 0 Å². The molecule has 0 aromatic heterocycles. The van der Waals surface area contributed by atoms with Crippen LogP contribution in [0.3, 0.4) is 0 Å². The molecule has 6 atom stereocenters. The van der Waals surface area contributed by atoms with Gasteiger partial charge < -0.3 is 10.2 Å². The number of hydrogen-bond donors (Lipinski definition) is 2. The molecule has 2 saturated carbocycles. The minimum absolute atomic E-state index is 0.171. The summed E-state index contributed by atoms with van der Waals surface area (Å²) in [6, 6.07) is 0. The summed E-state index contributed by atoms with van der Waals surface area (Å²) in [5.74, 6) is 2.54. The summed E-state index contributed by atoms with van der Waals surface area (Å²) in [6.45, 7) is 13.4. The molecule has 0 spiro atoms. The first-order valence-electron chi connectivity index (χ1n) is 8.79. The highest BCUT2D eigenvalue weighted by molar-refractivity contribution is 5.25. The molecule has 6 aliphatic rings. The van der Waals surface area contributed by atoms with Crippen LogP contribution in [0.25, 0.3) is 0 Å². The van der Waals surface area contributed by atoms with Crippen LogP contribution in [0.15, 0.2) is 23.3 Å². The standard InChI is InChI=1S/2C10H16O/c2*1-6-4-9(11)8-5-7(6)10(8,2)3/h2*4,7-9,11H,5H2,1-3H3. The Labute approximate surface area is 135 Å². The van der Waals surface area contributed by atoms with Gasteiger partial charge in [-0.3, -0.25) is 0 Å². The highest BCUT2D eigenvalue weighted by Gasteiger charge is 2.54. The molecule has 0 aromatic rings. The van der Waals surface area contributed by atoms with Crippen LogP contribution < -0.4 is 0 Å². The number of allylic oxidation sites excluding steroid dienone is 2. The Morgan fingerprint density at radius 1 is 0.773 bits per heavy atom. The van der Waals surface area contributed by atoms with Gasteiger partial charge >= 0.3 is 0 Å². The molecule has 6 unspecified atom stereocenters. The smallest absolute Gasteiger partial charge is 0.0757 e. The average molecular weight is 304 g/mol. The predicted octanol–water partition coefficient (Wildman–Crippen LogP) is 3.94. The summed E-state index contributed by atoms with van der Waals surface area (Å²) in [7, 11) is 0. The number of rotatable bonds is 0. The summed E-state index contributed by atoms with van der Waals surface area (Å²) < 4.78 is 0. The average Bonchev–Trinajstić information content (AvgIpc) is 2.35. The number of fused-ring (bicyclic) bond motifs is 2. The maximum atomic E-state index is 9.65. The molecular weight excluding hydrogens is 272 g/mol. The molecule has 6 rings (SSSR count). The quantitative estimate of drug-likeness (QED) is 0.666. The third-order valence-electron chi connectivity index (χ3n) is 7.48. The van der Waals surface area contributed by atoms with Crippen molar-refractivity contribution in [2.75, 3.05) is 0 Å². The van der Waals surface area contributed by atoms with Crippen LogP contribution in [0.4, 0.5) is 0 Å². The van der Waals surface area contributed by atoms with Crippen LogP contribution in [0.5, 0.6) is 0 Å². The van der Waals surface area contributed by atoms with E-state index in [0.717, 1.165) is 11.8 Å². The molecule has 0 aliphatic heterocycles. The molecule has 2 heteroatoms. The fraction of sp³-hybridized carbons (Fsp3) is 0.800. The molecule has 4 bridgehead atoms. The second-order valence-electron chi connectivity index (χ2n) is 9.23. The topological polar surface area (TPSA) is 40.5 Å². The highest BCUT2D eigenvalue weighted by Crippen LogP contribution is 2.59. The van der Waals surface area contributed by atoms with E-state index in [2.05, 4.69) is 41.5 Å². The Kier molecular flexibility index (Phi) is 3.66. The molecule has 22 heavy (non-hydrogen) atoms. The van der Waals surface area contributed by atoms with Crippen molar-refractivity contribution >= 4 is 0 Å². The molecule has 2 N–H and O–H groups in total. The summed E-state index contributed by atoms with van der Waals surface area (Å²) in [5, 5.41) is 19.3. The van der Waals surface area contributed by atoms with Gasteiger partial charge in [0.25, 0.3) is 0 Å². The van der Waals surface area contributed by atoms with Crippen molar-refractivity contribution in [3.05, 3.63) is 23.3 Å². The van der Waals surface area contributed by atoms with Crippen molar-refractivity contribution in [1.29, 1.82) is 0 Å². The second kappa shape index (κ2) is 4.95. The van der Waals surface area contributed by atoms with E-state index in [1.54, 1.807) is 0 Å². The van der Waals surface area contributed by atoms with Crippen molar-refractivity contribution < 1.29 is 10.2 Å². The van der Waals surface area contributed by atoms with E-state index in [0.29, 0.717) is 22.7 Å². The minimum Gasteiger partial charge on any atom is -0.389 e. The molecular formula is C20H32O2. The molecule has 2 fully saturated rings. The van der Waals surface area contributed by atoms with E-state index in [9.17, 15) is 10.2 Å². The van der Waals surface area contributed by atoms with Gasteiger partial charge in [0.2, 0.25) is 0 Å². The van der Waals surface area contributed by atoms with Crippen LogP contribution in [0, 0.1) is 34.5 Å². The van der Waals surface area contributed by atoms with Crippen LogP contribution in [-0.4, -0.2) is 22.4 Å². The molecule has 0 amide bonds. The van der Waals surface area contributed by atoms with Gasteiger partial charge in [-0.2, -0.15) is 0 Å². The molecule has 0 radical (unpaired) electrons. The maximum Gasteiger partial charge on any atom is 0.0757 e. The van der Waals surface area contributed by atoms with E-state index in [4.69, 9.17) is 0 Å². The van der Waals surface area contributed by atoms with Gasteiger partial charge in [-0.05, 0) is 61.2 Å². The fourth-order valence-electron chi connectivity index (χ4n) is 5.63. The zero-order chi connectivity index (χ0) is 16.4. The fourth-order valence-corrected chi connectivity index (χ4v) is 5.63. The lowest BCUT2D eigenvalue weighted by Gasteiger charge is -2.57. The third kappa shape index (κ3) is 2.14. The number of hydrogen-bond acceptors (Lipinski definition) is 2. The van der Waals surface area contributed by atoms with Gasteiger partial charge in [0, 0.05) is 0 Å².